The van der Waals surface area contributed by atoms with E-state index in [4.69, 9.17) is 9.47 Å². The number of fused-ring (bicyclic) bond motifs is 1. The van der Waals surface area contributed by atoms with Gasteiger partial charge in [-0.3, -0.25) is 14.5 Å². The fourth-order valence-corrected chi connectivity index (χ4v) is 3.11. The first-order valence-electron chi connectivity index (χ1n) is 8.21. The molecule has 1 saturated heterocycles. The van der Waals surface area contributed by atoms with E-state index < -0.39 is 35.6 Å². The van der Waals surface area contributed by atoms with Gasteiger partial charge in [0.1, 0.15) is 11.4 Å². The molecule has 1 N–H and O–H groups in total. The minimum atomic E-state index is -1.33. The van der Waals surface area contributed by atoms with Crippen molar-refractivity contribution in [2.45, 2.75) is 12.5 Å². The third kappa shape index (κ3) is 2.79. The first-order chi connectivity index (χ1) is 12.9. The van der Waals surface area contributed by atoms with Crippen LogP contribution in [0.1, 0.15) is 22.8 Å². The van der Waals surface area contributed by atoms with Crippen LogP contribution in [-0.4, -0.2) is 36.0 Å². The first-order valence-corrected chi connectivity index (χ1v) is 8.21. The molecule has 1 unspecified atom stereocenters. The molecule has 0 saturated carbocycles. The second-order valence-corrected chi connectivity index (χ2v) is 6.44. The van der Waals surface area contributed by atoms with Crippen LogP contribution in [0.5, 0.6) is 11.5 Å². The van der Waals surface area contributed by atoms with Crippen LogP contribution in [0, 0.1) is 5.82 Å². The van der Waals surface area contributed by atoms with E-state index in [9.17, 15) is 18.8 Å². The predicted octanol–water partition coefficient (Wildman–Crippen LogP) is 2.20. The Hall–Kier alpha value is -3.42. The number of rotatable bonds is 4. The summed E-state index contributed by atoms with van der Waals surface area (Å²) in [6, 6.07) is 9.21. The molecule has 27 heavy (non-hydrogen) atoms. The highest BCUT2D eigenvalue weighted by Crippen LogP contribution is 2.37. The van der Waals surface area contributed by atoms with Crippen LogP contribution in [0.2, 0.25) is 0 Å². The third-order valence-electron chi connectivity index (χ3n) is 4.69. The molecule has 0 aromatic heterocycles. The van der Waals surface area contributed by atoms with Crippen molar-refractivity contribution in [2.75, 3.05) is 13.3 Å². The number of nitrogens with zero attached hydrogens (tertiary/aromatic N) is 1. The molecule has 2 aromatic carbocycles. The van der Waals surface area contributed by atoms with E-state index in [-0.39, 0.29) is 12.4 Å². The fourth-order valence-electron chi connectivity index (χ4n) is 3.11. The summed E-state index contributed by atoms with van der Waals surface area (Å²) in [7, 11) is 0. The van der Waals surface area contributed by atoms with Crippen molar-refractivity contribution in [1.29, 1.82) is 0 Å². The Morgan fingerprint density at radius 3 is 2.59 bits per heavy atom. The average molecular weight is 370 g/mol. The van der Waals surface area contributed by atoms with Gasteiger partial charge in [-0.1, -0.05) is 6.07 Å². The largest absolute Gasteiger partial charge is 0.454 e. The van der Waals surface area contributed by atoms with E-state index >= 15 is 0 Å². The maximum Gasteiger partial charge on any atom is 0.325 e. The van der Waals surface area contributed by atoms with Crippen LogP contribution in [0.25, 0.3) is 0 Å². The molecular formula is C19H15FN2O5. The molecule has 3 amide bonds. The minimum Gasteiger partial charge on any atom is -0.454 e. The number of hydrogen-bond acceptors (Lipinski definition) is 5. The average Bonchev–Trinajstić information content (AvgIpc) is 3.20. The number of Topliss-reactive ketones (excluding diaryl/α,β-unsaturated/α-hetero) is 1. The Balaban J connectivity index is 1.58. The number of nitrogens with one attached hydrogen (secondary N) is 1. The third-order valence-corrected chi connectivity index (χ3v) is 4.69. The Kier molecular flexibility index (Phi) is 3.83. The number of benzene rings is 2. The molecule has 138 valence electrons. The molecule has 2 aromatic rings. The topological polar surface area (TPSA) is 84.9 Å². The molecule has 8 heteroatoms. The lowest BCUT2D eigenvalue weighted by atomic mass is 9.91. The lowest BCUT2D eigenvalue weighted by Crippen LogP contribution is -2.41. The van der Waals surface area contributed by atoms with Crippen LogP contribution in [-0.2, 0) is 10.3 Å². The van der Waals surface area contributed by atoms with Crippen molar-refractivity contribution in [2.24, 2.45) is 0 Å². The predicted molar refractivity (Wildman–Crippen MR) is 90.9 cm³/mol. The standard InChI is InChI=1S/C19H15FN2O5/c1-19(12-4-7-15-16(8-12)27-10-26-15)17(24)22(18(25)21-19)9-14(23)11-2-5-13(20)6-3-11/h2-8H,9-10H2,1H3,(H,21,25). The van der Waals surface area contributed by atoms with Crippen molar-refractivity contribution in [3.8, 4) is 11.5 Å². The number of halogens is 1. The van der Waals surface area contributed by atoms with Crippen molar-refractivity contribution in [3.63, 3.8) is 0 Å². The summed E-state index contributed by atoms with van der Waals surface area (Å²) >= 11 is 0. The number of imide groups is 1. The van der Waals surface area contributed by atoms with Gasteiger partial charge in [0, 0.05) is 5.56 Å². The van der Waals surface area contributed by atoms with Gasteiger partial charge in [0.15, 0.2) is 17.3 Å². The molecule has 4 rings (SSSR count). The van der Waals surface area contributed by atoms with Crippen molar-refractivity contribution in [3.05, 3.63) is 59.4 Å². The first kappa shape index (κ1) is 17.0. The summed E-state index contributed by atoms with van der Waals surface area (Å²) in [6.45, 7) is 1.22. The van der Waals surface area contributed by atoms with Gasteiger partial charge >= 0.3 is 6.03 Å². The SMILES string of the molecule is CC1(c2ccc3c(c2)OCO3)NC(=O)N(CC(=O)c2ccc(F)cc2)C1=O. The summed E-state index contributed by atoms with van der Waals surface area (Å²) in [6.07, 6.45) is 0. The zero-order valence-corrected chi connectivity index (χ0v) is 14.3. The highest BCUT2D eigenvalue weighted by Gasteiger charge is 2.49. The Bertz CT molecular complexity index is 959. The van der Waals surface area contributed by atoms with E-state index in [2.05, 4.69) is 5.32 Å². The molecule has 0 spiro atoms. The van der Waals surface area contributed by atoms with Gasteiger partial charge in [-0.15, -0.1) is 0 Å². The smallest absolute Gasteiger partial charge is 0.325 e. The number of amides is 3. The van der Waals surface area contributed by atoms with Gasteiger partial charge in [0.25, 0.3) is 5.91 Å². The summed E-state index contributed by atoms with van der Waals surface area (Å²) in [5.41, 5.74) is -0.600. The van der Waals surface area contributed by atoms with Gasteiger partial charge < -0.3 is 14.8 Å². The normalized spacial score (nSPS) is 20.7. The summed E-state index contributed by atoms with van der Waals surface area (Å²) in [5.74, 6) is -0.453. The zero-order valence-electron chi connectivity index (χ0n) is 14.3. The molecule has 2 aliphatic heterocycles. The molecule has 0 bridgehead atoms. The van der Waals surface area contributed by atoms with Gasteiger partial charge in [0.2, 0.25) is 6.79 Å². The van der Waals surface area contributed by atoms with Crippen LogP contribution in [0.3, 0.4) is 0 Å². The van der Waals surface area contributed by atoms with Gasteiger partial charge in [-0.2, -0.15) is 0 Å². The second kappa shape index (κ2) is 6.08. The van der Waals surface area contributed by atoms with Crippen molar-refractivity contribution >= 4 is 17.7 Å². The van der Waals surface area contributed by atoms with Crippen LogP contribution in [0.4, 0.5) is 9.18 Å². The summed E-state index contributed by atoms with van der Waals surface area (Å²) in [4.78, 5) is 38.5. The number of carbonyl (C=O) groups is 3. The number of ether oxygens (including phenoxy) is 2. The summed E-state index contributed by atoms with van der Waals surface area (Å²) in [5, 5.41) is 2.63. The minimum absolute atomic E-state index is 0.0914. The van der Waals surface area contributed by atoms with Crippen LogP contribution >= 0.6 is 0 Å². The van der Waals surface area contributed by atoms with Crippen LogP contribution in [0.15, 0.2) is 42.5 Å². The molecule has 2 heterocycles. The molecule has 1 atom stereocenters. The zero-order chi connectivity index (χ0) is 19.2. The van der Waals surface area contributed by atoms with E-state index in [0.717, 1.165) is 17.0 Å². The number of carbonyl (C=O) groups excluding carboxylic acids is 3. The van der Waals surface area contributed by atoms with Crippen molar-refractivity contribution in [1.82, 2.24) is 10.2 Å². The lowest BCUT2D eigenvalue weighted by Gasteiger charge is -2.22. The molecule has 2 aliphatic rings. The quantitative estimate of drug-likeness (QED) is 0.659. The fraction of sp³-hybridized carbons (Fsp3) is 0.211. The Morgan fingerprint density at radius 2 is 1.85 bits per heavy atom. The highest BCUT2D eigenvalue weighted by molar-refractivity contribution is 6.11. The monoisotopic (exact) mass is 370 g/mol. The number of hydrogen-bond donors (Lipinski definition) is 1. The van der Waals surface area contributed by atoms with E-state index in [1.807, 2.05) is 0 Å². The Morgan fingerprint density at radius 1 is 1.15 bits per heavy atom. The van der Waals surface area contributed by atoms with Crippen molar-refractivity contribution < 1.29 is 28.2 Å². The van der Waals surface area contributed by atoms with Gasteiger partial charge in [-0.25, -0.2) is 9.18 Å². The van der Waals surface area contributed by atoms with Gasteiger partial charge in [0.05, 0.1) is 6.54 Å². The van der Waals surface area contributed by atoms with E-state index in [0.29, 0.717) is 17.1 Å². The van der Waals surface area contributed by atoms with E-state index in [1.54, 1.807) is 25.1 Å². The maximum atomic E-state index is 13.0. The Labute approximate surface area is 153 Å². The number of urea groups is 1. The van der Waals surface area contributed by atoms with Crippen LogP contribution < -0.4 is 14.8 Å². The molecule has 0 radical (unpaired) electrons. The van der Waals surface area contributed by atoms with Gasteiger partial charge in [-0.05, 0) is 48.9 Å². The highest BCUT2D eigenvalue weighted by atomic mass is 19.1. The summed E-state index contributed by atoms with van der Waals surface area (Å²) < 4.78 is 23.6. The van der Waals surface area contributed by atoms with E-state index in [1.165, 1.54) is 12.1 Å². The molecular weight excluding hydrogens is 355 g/mol. The molecule has 0 aliphatic carbocycles. The second-order valence-electron chi connectivity index (χ2n) is 6.44. The lowest BCUT2D eigenvalue weighted by molar-refractivity contribution is -0.130. The molecule has 1 fully saturated rings. The number of ketones is 1. The maximum absolute atomic E-state index is 13.0. The molecule has 7 nitrogen and oxygen atoms in total.